The van der Waals surface area contributed by atoms with Crippen LogP contribution in [0, 0.1) is 0 Å². The van der Waals surface area contributed by atoms with Crippen molar-refractivity contribution in [2.75, 3.05) is 19.6 Å². The molecule has 2 unspecified atom stereocenters. The van der Waals surface area contributed by atoms with E-state index in [4.69, 9.17) is 4.74 Å². The lowest BCUT2D eigenvalue weighted by molar-refractivity contribution is 0.0520. The van der Waals surface area contributed by atoms with E-state index in [9.17, 15) is 4.79 Å². The predicted octanol–water partition coefficient (Wildman–Crippen LogP) is 2.80. The molecular weight excluding hydrogens is 278 g/mol. The summed E-state index contributed by atoms with van der Waals surface area (Å²) in [6.07, 6.45) is 6.72. The van der Waals surface area contributed by atoms with E-state index >= 15 is 0 Å². The van der Waals surface area contributed by atoms with Crippen molar-refractivity contribution in [2.45, 2.75) is 83.9 Å². The number of amides is 1. The molecule has 1 aliphatic heterocycles. The summed E-state index contributed by atoms with van der Waals surface area (Å²) in [7, 11) is 0. The quantitative estimate of drug-likeness (QED) is 0.676. The van der Waals surface area contributed by atoms with Gasteiger partial charge in [-0.05, 0) is 59.5 Å². The molecule has 0 aliphatic carbocycles. The van der Waals surface area contributed by atoms with E-state index in [0.29, 0.717) is 18.6 Å². The van der Waals surface area contributed by atoms with Gasteiger partial charge in [0.05, 0.1) is 0 Å². The number of nitrogens with one attached hydrogen (secondary N) is 3. The molecule has 1 saturated heterocycles. The first-order valence-electron chi connectivity index (χ1n) is 8.84. The van der Waals surface area contributed by atoms with Gasteiger partial charge in [0, 0.05) is 18.6 Å². The highest BCUT2D eigenvalue weighted by Gasteiger charge is 2.19. The molecule has 1 aliphatic rings. The van der Waals surface area contributed by atoms with Gasteiger partial charge >= 0.3 is 6.09 Å². The summed E-state index contributed by atoms with van der Waals surface area (Å²) in [4.78, 5) is 11.8. The van der Waals surface area contributed by atoms with Crippen molar-refractivity contribution in [1.82, 2.24) is 16.0 Å². The molecule has 0 spiro atoms. The molecule has 1 rings (SSSR count). The molecule has 0 radical (unpaired) electrons. The Hall–Kier alpha value is -0.810. The van der Waals surface area contributed by atoms with Crippen molar-refractivity contribution in [3.8, 4) is 0 Å². The van der Waals surface area contributed by atoms with Gasteiger partial charge in [-0.15, -0.1) is 0 Å². The van der Waals surface area contributed by atoms with Crippen molar-refractivity contribution < 1.29 is 9.53 Å². The van der Waals surface area contributed by atoms with Crippen LogP contribution in [-0.2, 0) is 4.74 Å². The maximum atomic E-state index is 11.8. The maximum absolute atomic E-state index is 11.8. The average molecular weight is 313 g/mol. The van der Waals surface area contributed by atoms with E-state index in [2.05, 4.69) is 22.9 Å². The molecule has 2 atom stereocenters. The molecule has 0 aromatic heterocycles. The number of alkyl carbamates (subject to hydrolysis) is 1. The summed E-state index contributed by atoms with van der Waals surface area (Å²) in [5, 5.41) is 10.1. The lowest BCUT2D eigenvalue weighted by Gasteiger charge is -2.26. The molecule has 0 aromatic carbocycles. The van der Waals surface area contributed by atoms with Gasteiger partial charge in [0.25, 0.3) is 0 Å². The van der Waals surface area contributed by atoms with E-state index in [-0.39, 0.29) is 6.09 Å². The molecular formula is C17H35N3O2. The zero-order chi connectivity index (χ0) is 16.4. The number of ether oxygens (including phenoxy) is 1. The van der Waals surface area contributed by atoms with Gasteiger partial charge in [-0.1, -0.05) is 19.8 Å². The molecule has 1 heterocycles. The zero-order valence-corrected chi connectivity index (χ0v) is 14.8. The molecule has 22 heavy (non-hydrogen) atoms. The van der Waals surface area contributed by atoms with Crippen molar-refractivity contribution in [3.05, 3.63) is 0 Å². The first-order valence-corrected chi connectivity index (χ1v) is 8.84. The number of carbonyl (C=O) groups is 1. The summed E-state index contributed by atoms with van der Waals surface area (Å²) < 4.78 is 5.31. The number of unbranched alkanes of at least 4 members (excludes halogenated alkanes) is 1. The number of rotatable bonds is 7. The fourth-order valence-corrected chi connectivity index (χ4v) is 2.73. The largest absolute Gasteiger partial charge is 0.444 e. The SMILES string of the molecule is CCCCC(CNC(=O)OC(C)(C)C)NC1CCCNCC1. The molecule has 3 N–H and O–H groups in total. The monoisotopic (exact) mass is 313 g/mol. The summed E-state index contributed by atoms with van der Waals surface area (Å²) in [6, 6.07) is 0.882. The van der Waals surface area contributed by atoms with Gasteiger partial charge in [0.15, 0.2) is 0 Å². The summed E-state index contributed by atoms with van der Waals surface area (Å²) in [5.74, 6) is 0. The van der Waals surface area contributed by atoms with Crippen LogP contribution in [0.15, 0.2) is 0 Å². The van der Waals surface area contributed by atoms with E-state index in [1.807, 2.05) is 20.8 Å². The van der Waals surface area contributed by atoms with Crippen LogP contribution in [0.1, 0.15) is 66.2 Å². The molecule has 130 valence electrons. The summed E-state index contributed by atoms with van der Waals surface area (Å²) in [5.41, 5.74) is -0.441. The lowest BCUT2D eigenvalue weighted by atomic mass is 10.0. The number of hydrogen-bond acceptors (Lipinski definition) is 4. The van der Waals surface area contributed by atoms with Crippen LogP contribution in [0.3, 0.4) is 0 Å². The number of hydrogen-bond donors (Lipinski definition) is 3. The van der Waals surface area contributed by atoms with Crippen molar-refractivity contribution in [1.29, 1.82) is 0 Å². The Bertz CT molecular complexity index is 308. The Balaban J connectivity index is 2.40. The molecule has 1 amide bonds. The summed E-state index contributed by atoms with van der Waals surface area (Å²) >= 11 is 0. The fraction of sp³-hybridized carbons (Fsp3) is 0.941. The minimum absolute atomic E-state index is 0.321. The minimum Gasteiger partial charge on any atom is -0.444 e. The minimum atomic E-state index is -0.441. The van der Waals surface area contributed by atoms with E-state index in [1.165, 1.54) is 25.7 Å². The van der Waals surface area contributed by atoms with Crippen LogP contribution in [-0.4, -0.2) is 43.4 Å². The second-order valence-corrected chi connectivity index (χ2v) is 7.27. The van der Waals surface area contributed by atoms with E-state index in [1.54, 1.807) is 0 Å². The van der Waals surface area contributed by atoms with E-state index < -0.39 is 5.60 Å². The molecule has 1 fully saturated rings. The highest BCUT2D eigenvalue weighted by Crippen LogP contribution is 2.10. The predicted molar refractivity (Wildman–Crippen MR) is 91.2 cm³/mol. The van der Waals surface area contributed by atoms with Gasteiger partial charge in [0.2, 0.25) is 0 Å². The third-order valence-corrected chi connectivity index (χ3v) is 3.84. The second-order valence-electron chi connectivity index (χ2n) is 7.27. The molecule has 0 saturated carbocycles. The van der Waals surface area contributed by atoms with Gasteiger partial charge in [0.1, 0.15) is 5.60 Å². The van der Waals surface area contributed by atoms with E-state index in [0.717, 1.165) is 25.9 Å². The van der Waals surface area contributed by atoms with Gasteiger partial charge < -0.3 is 20.7 Å². The van der Waals surface area contributed by atoms with Gasteiger partial charge in [-0.2, -0.15) is 0 Å². The van der Waals surface area contributed by atoms with Crippen molar-refractivity contribution in [2.24, 2.45) is 0 Å². The molecule has 0 bridgehead atoms. The van der Waals surface area contributed by atoms with Crippen LogP contribution < -0.4 is 16.0 Å². The highest BCUT2D eigenvalue weighted by molar-refractivity contribution is 5.67. The first-order chi connectivity index (χ1) is 10.4. The third kappa shape index (κ3) is 9.26. The highest BCUT2D eigenvalue weighted by atomic mass is 16.6. The normalized spacial score (nSPS) is 21.0. The Labute approximate surface area is 135 Å². The first kappa shape index (κ1) is 19.2. The van der Waals surface area contributed by atoms with Crippen LogP contribution in [0.5, 0.6) is 0 Å². The Morgan fingerprint density at radius 2 is 2.09 bits per heavy atom. The second kappa shape index (κ2) is 10.1. The average Bonchev–Trinajstić information content (AvgIpc) is 2.68. The lowest BCUT2D eigenvalue weighted by Crippen LogP contribution is -2.46. The van der Waals surface area contributed by atoms with Crippen LogP contribution in [0.4, 0.5) is 4.79 Å². The Morgan fingerprint density at radius 3 is 2.77 bits per heavy atom. The standard InChI is InChI=1S/C17H35N3O2/c1-5-6-8-15(13-19-16(21)22-17(2,3)4)20-14-9-7-11-18-12-10-14/h14-15,18,20H,5-13H2,1-4H3,(H,19,21). The van der Waals surface area contributed by atoms with Gasteiger partial charge in [-0.3, -0.25) is 0 Å². The topological polar surface area (TPSA) is 62.4 Å². The summed E-state index contributed by atoms with van der Waals surface area (Å²) in [6.45, 7) is 10.7. The zero-order valence-electron chi connectivity index (χ0n) is 14.8. The van der Waals surface area contributed by atoms with Crippen molar-refractivity contribution in [3.63, 3.8) is 0 Å². The Kier molecular flexibility index (Phi) is 8.79. The van der Waals surface area contributed by atoms with Crippen molar-refractivity contribution >= 4 is 6.09 Å². The molecule has 5 nitrogen and oxygen atoms in total. The third-order valence-electron chi connectivity index (χ3n) is 3.84. The fourth-order valence-electron chi connectivity index (χ4n) is 2.73. The number of carbonyl (C=O) groups excluding carboxylic acids is 1. The van der Waals surface area contributed by atoms with Crippen LogP contribution in [0.2, 0.25) is 0 Å². The van der Waals surface area contributed by atoms with Gasteiger partial charge in [-0.25, -0.2) is 4.79 Å². The van der Waals surface area contributed by atoms with Crippen LogP contribution >= 0.6 is 0 Å². The Morgan fingerprint density at radius 1 is 1.32 bits per heavy atom. The molecule has 0 aromatic rings. The maximum Gasteiger partial charge on any atom is 0.407 e. The smallest absolute Gasteiger partial charge is 0.407 e. The molecule has 5 heteroatoms. The van der Waals surface area contributed by atoms with Crippen LogP contribution in [0.25, 0.3) is 0 Å².